The average molecular weight is 464 g/mol. The SMILES string of the molecule is CC(C)CNC(=O)Cn1c2c(c(=O)n3nc(-c4ccccc4)cc13)CN(CC1CCCO1)C2=O. The Morgan fingerprint density at radius 2 is 2.03 bits per heavy atom. The van der Waals surface area contributed by atoms with Crippen LogP contribution in [0.25, 0.3) is 16.9 Å². The molecule has 1 N–H and O–H groups in total. The molecule has 34 heavy (non-hydrogen) atoms. The molecule has 0 saturated carbocycles. The van der Waals surface area contributed by atoms with Gasteiger partial charge in [0.15, 0.2) is 0 Å². The van der Waals surface area contributed by atoms with Crippen LogP contribution in [0.5, 0.6) is 0 Å². The zero-order valence-electron chi connectivity index (χ0n) is 19.5. The Morgan fingerprint density at radius 3 is 2.74 bits per heavy atom. The predicted molar refractivity (Wildman–Crippen MR) is 126 cm³/mol. The quantitative estimate of drug-likeness (QED) is 0.579. The monoisotopic (exact) mass is 463 g/mol. The largest absolute Gasteiger partial charge is 0.376 e. The Balaban J connectivity index is 1.58. The number of aromatic nitrogens is 3. The third kappa shape index (κ3) is 4.11. The first-order valence-corrected chi connectivity index (χ1v) is 11.8. The van der Waals surface area contributed by atoms with Crippen molar-refractivity contribution in [1.29, 1.82) is 0 Å². The first-order chi connectivity index (χ1) is 16.4. The Hall–Kier alpha value is -3.46. The number of carbonyl (C=O) groups is 2. The van der Waals surface area contributed by atoms with E-state index in [2.05, 4.69) is 10.4 Å². The molecule has 3 aromatic rings. The van der Waals surface area contributed by atoms with Gasteiger partial charge in [-0.15, -0.1) is 0 Å². The van der Waals surface area contributed by atoms with Gasteiger partial charge < -0.3 is 19.5 Å². The fraction of sp³-hybridized carbons (Fsp3) is 0.440. The number of fused-ring (bicyclic) bond motifs is 2. The standard InChI is InChI=1S/C25H29N5O4/c1-16(2)12-26-21(31)15-29-22-11-20(17-7-4-3-5-8-17)27-30(22)24(32)19-14-28(25(33)23(19)29)13-18-9-6-10-34-18/h3-5,7-8,11,16,18H,6,9-10,12-15H2,1-2H3,(H,26,31). The summed E-state index contributed by atoms with van der Waals surface area (Å²) in [4.78, 5) is 41.4. The molecule has 2 aliphatic heterocycles. The molecule has 0 spiro atoms. The molecule has 4 heterocycles. The summed E-state index contributed by atoms with van der Waals surface area (Å²) < 4.78 is 8.67. The molecule has 1 saturated heterocycles. The topological polar surface area (TPSA) is 97.9 Å². The molecule has 1 unspecified atom stereocenters. The van der Waals surface area contributed by atoms with Crippen LogP contribution in [0.2, 0.25) is 0 Å². The normalized spacial score (nSPS) is 17.7. The minimum atomic E-state index is -0.325. The lowest BCUT2D eigenvalue weighted by Gasteiger charge is -2.19. The maximum absolute atomic E-state index is 13.5. The first kappa shape index (κ1) is 22.3. The molecule has 178 valence electrons. The van der Waals surface area contributed by atoms with Crippen LogP contribution in [0.1, 0.15) is 42.7 Å². The Morgan fingerprint density at radius 1 is 1.24 bits per heavy atom. The molecule has 1 fully saturated rings. The molecule has 2 aliphatic rings. The van der Waals surface area contributed by atoms with E-state index in [0.29, 0.717) is 42.5 Å². The molecule has 2 amide bonds. The second kappa shape index (κ2) is 9.06. The van der Waals surface area contributed by atoms with E-state index in [0.717, 1.165) is 18.4 Å². The predicted octanol–water partition coefficient (Wildman–Crippen LogP) is 2.07. The van der Waals surface area contributed by atoms with Gasteiger partial charge in [-0.25, -0.2) is 0 Å². The summed E-state index contributed by atoms with van der Waals surface area (Å²) in [6.45, 7) is 5.82. The van der Waals surface area contributed by atoms with Gasteiger partial charge >= 0.3 is 0 Å². The van der Waals surface area contributed by atoms with Crippen LogP contribution in [-0.2, 0) is 22.6 Å². The van der Waals surface area contributed by atoms with Crippen LogP contribution in [-0.4, -0.2) is 56.7 Å². The van der Waals surface area contributed by atoms with Crippen molar-refractivity contribution in [3.05, 3.63) is 58.0 Å². The highest BCUT2D eigenvalue weighted by Gasteiger charge is 2.36. The van der Waals surface area contributed by atoms with Crippen LogP contribution in [0.4, 0.5) is 0 Å². The Labute approximate surface area is 197 Å². The number of nitrogens with zero attached hydrogens (tertiary/aromatic N) is 4. The second-order valence-electron chi connectivity index (χ2n) is 9.40. The summed E-state index contributed by atoms with van der Waals surface area (Å²) in [5.41, 5.74) is 2.21. The third-order valence-electron chi connectivity index (χ3n) is 6.34. The maximum Gasteiger partial charge on any atom is 0.280 e. The number of ether oxygens (including phenoxy) is 1. The molecule has 0 bridgehead atoms. The van der Waals surface area contributed by atoms with Crippen molar-refractivity contribution in [2.24, 2.45) is 5.92 Å². The van der Waals surface area contributed by atoms with Gasteiger partial charge in [-0.3, -0.25) is 14.4 Å². The molecule has 1 atom stereocenters. The van der Waals surface area contributed by atoms with E-state index < -0.39 is 0 Å². The Bertz CT molecular complexity index is 1290. The maximum atomic E-state index is 13.5. The molecular weight excluding hydrogens is 434 g/mol. The van der Waals surface area contributed by atoms with Crippen LogP contribution in [0.3, 0.4) is 0 Å². The lowest BCUT2D eigenvalue weighted by Crippen LogP contribution is -2.35. The van der Waals surface area contributed by atoms with E-state index in [1.54, 1.807) is 15.5 Å². The molecule has 9 nitrogen and oxygen atoms in total. The fourth-order valence-electron chi connectivity index (χ4n) is 4.63. The zero-order valence-corrected chi connectivity index (χ0v) is 19.5. The van der Waals surface area contributed by atoms with Gasteiger partial charge in [-0.05, 0) is 18.8 Å². The van der Waals surface area contributed by atoms with Crippen molar-refractivity contribution < 1.29 is 14.3 Å². The van der Waals surface area contributed by atoms with Gasteiger partial charge in [0.05, 0.1) is 23.9 Å². The van der Waals surface area contributed by atoms with Crippen LogP contribution in [0, 0.1) is 5.92 Å². The number of carbonyl (C=O) groups excluding carboxylic acids is 2. The smallest absolute Gasteiger partial charge is 0.280 e. The number of hydrogen-bond acceptors (Lipinski definition) is 5. The molecule has 5 rings (SSSR count). The average Bonchev–Trinajstić information content (AvgIpc) is 3.56. The van der Waals surface area contributed by atoms with Crippen LogP contribution < -0.4 is 10.9 Å². The van der Waals surface area contributed by atoms with Gasteiger partial charge in [-0.1, -0.05) is 44.2 Å². The van der Waals surface area contributed by atoms with Crippen molar-refractivity contribution in [1.82, 2.24) is 24.4 Å². The van der Waals surface area contributed by atoms with E-state index >= 15 is 0 Å². The minimum absolute atomic E-state index is 0.0232. The molecule has 2 aromatic heterocycles. The third-order valence-corrected chi connectivity index (χ3v) is 6.34. The lowest BCUT2D eigenvalue weighted by atomic mass is 10.1. The highest BCUT2D eigenvalue weighted by Crippen LogP contribution is 2.26. The van der Waals surface area contributed by atoms with Gasteiger partial charge in [0, 0.05) is 31.3 Å². The number of rotatable bonds is 7. The van der Waals surface area contributed by atoms with Gasteiger partial charge in [0.1, 0.15) is 17.9 Å². The summed E-state index contributed by atoms with van der Waals surface area (Å²) in [5, 5.41) is 7.46. The van der Waals surface area contributed by atoms with Crippen molar-refractivity contribution in [2.75, 3.05) is 19.7 Å². The number of amides is 2. The molecule has 1 aromatic carbocycles. The van der Waals surface area contributed by atoms with E-state index in [9.17, 15) is 14.4 Å². The summed E-state index contributed by atoms with van der Waals surface area (Å²) in [6.07, 6.45) is 1.84. The number of nitrogens with one attached hydrogen (secondary N) is 1. The van der Waals surface area contributed by atoms with Crippen molar-refractivity contribution >= 4 is 17.5 Å². The van der Waals surface area contributed by atoms with Gasteiger partial charge in [-0.2, -0.15) is 9.61 Å². The molecule has 9 heteroatoms. The summed E-state index contributed by atoms with van der Waals surface area (Å²) >= 11 is 0. The second-order valence-corrected chi connectivity index (χ2v) is 9.40. The van der Waals surface area contributed by atoms with E-state index in [1.165, 1.54) is 4.52 Å². The summed E-state index contributed by atoms with van der Waals surface area (Å²) in [7, 11) is 0. The zero-order chi connectivity index (χ0) is 23.8. The summed E-state index contributed by atoms with van der Waals surface area (Å²) in [5.74, 6) is -0.162. The van der Waals surface area contributed by atoms with Crippen molar-refractivity contribution in [3.63, 3.8) is 0 Å². The van der Waals surface area contributed by atoms with E-state index in [1.807, 2.05) is 44.2 Å². The Kier molecular flexibility index (Phi) is 5.95. The number of hydrogen-bond donors (Lipinski definition) is 1. The van der Waals surface area contributed by atoms with Crippen LogP contribution >= 0.6 is 0 Å². The minimum Gasteiger partial charge on any atom is -0.376 e. The highest BCUT2D eigenvalue weighted by molar-refractivity contribution is 5.98. The van der Waals surface area contributed by atoms with Gasteiger partial charge in [0.25, 0.3) is 11.5 Å². The highest BCUT2D eigenvalue weighted by atomic mass is 16.5. The molecular formula is C25H29N5O4. The molecule has 0 radical (unpaired) electrons. The van der Waals surface area contributed by atoms with E-state index in [4.69, 9.17) is 4.74 Å². The van der Waals surface area contributed by atoms with Crippen LogP contribution in [0.15, 0.2) is 41.2 Å². The number of benzene rings is 1. The first-order valence-electron chi connectivity index (χ1n) is 11.8. The van der Waals surface area contributed by atoms with Crippen molar-refractivity contribution in [3.8, 4) is 11.3 Å². The van der Waals surface area contributed by atoms with E-state index in [-0.39, 0.29) is 42.3 Å². The van der Waals surface area contributed by atoms with Crippen molar-refractivity contribution in [2.45, 2.75) is 45.9 Å². The van der Waals surface area contributed by atoms with Gasteiger partial charge in [0.2, 0.25) is 5.91 Å². The molecule has 0 aliphatic carbocycles. The summed E-state index contributed by atoms with van der Waals surface area (Å²) in [6, 6.07) is 11.3. The lowest BCUT2D eigenvalue weighted by molar-refractivity contribution is -0.121. The fourth-order valence-corrected chi connectivity index (χ4v) is 4.63.